The lowest BCUT2D eigenvalue weighted by Gasteiger charge is -2.15. The van der Waals surface area contributed by atoms with Crippen molar-refractivity contribution >= 4 is 38.8 Å². The molecule has 2 heterocycles. The van der Waals surface area contributed by atoms with Crippen LogP contribution in [0.4, 0.5) is 0 Å². The number of rotatable bonds is 0. The van der Waals surface area contributed by atoms with E-state index >= 15 is 0 Å². The number of nitrogens with zero attached hydrogens (tertiary/aromatic N) is 2. The van der Waals surface area contributed by atoms with Gasteiger partial charge >= 0.3 is 0 Å². The maximum Gasteiger partial charge on any atom is 0.188 e. The molecule has 0 spiro atoms. The van der Waals surface area contributed by atoms with E-state index in [9.17, 15) is 4.79 Å². The third-order valence-corrected chi connectivity index (χ3v) is 4.98. The average Bonchev–Trinajstić information content (AvgIpc) is 2.49. The average molecular weight is 294 g/mol. The predicted molar refractivity (Wildman–Crippen MR) is 81.2 cm³/mol. The van der Waals surface area contributed by atoms with Crippen molar-refractivity contribution in [3.8, 4) is 12.1 Å². The van der Waals surface area contributed by atoms with E-state index in [4.69, 9.17) is 10.5 Å². The summed E-state index contributed by atoms with van der Waals surface area (Å²) in [4.78, 5) is 12.8. The zero-order valence-corrected chi connectivity index (χ0v) is 11.7. The summed E-state index contributed by atoms with van der Waals surface area (Å²) >= 11 is 3.00. The SMILES string of the molecule is N#CC(C#N)=C1C=CSc2c1ccc1c(=O)ccsc21. The second kappa shape index (κ2) is 4.97. The fourth-order valence-corrected chi connectivity index (χ4v) is 4.07. The maximum atomic E-state index is 11.9. The number of allylic oxidation sites excluding steroid dienone is 3. The molecule has 1 aromatic carbocycles. The fraction of sp³-hybridized carbons (Fsp3) is 0. The Balaban J connectivity index is 2.42. The van der Waals surface area contributed by atoms with Crippen LogP contribution in [0.5, 0.6) is 0 Å². The van der Waals surface area contributed by atoms with Crippen LogP contribution in [0.1, 0.15) is 5.56 Å². The van der Waals surface area contributed by atoms with Crippen molar-refractivity contribution in [3.63, 3.8) is 0 Å². The summed E-state index contributed by atoms with van der Waals surface area (Å²) in [5, 5.41) is 22.4. The molecule has 3 rings (SSSR count). The van der Waals surface area contributed by atoms with Gasteiger partial charge in [0.05, 0.1) is 4.70 Å². The van der Waals surface area contributed by atoms with E-state index in [1.54, 1.807) is 23.6 Å². The lowest BCUT2D eigenvalue weighted by molar-refractivity contribution is 1.43. The number of thioether (sulfide) groups is 1. The third-order valence-electron chi connectivity index (χ3n) is 2.99. The third kappa shape index (κ3) is 1.85. The van der Waals surface area contributed by atoms with Gasteiger partial charge in [-0.1, -0.05) is 17.8 Å². The molecule has 1 aliphatic rings. The molecule has 0 aliphatic carbocycles. The van der Waals surface area contributed by atoms with Crippen LogP contribution in [0.2, 0.25) is 0 Å². The zero-order valence-electron chi connectivity index (χ0n) is 10.1. The van der Waals surface area contributed by atoms with Gasteiger partial charge in [0.2, 0.25) is 0 Å². The molecule has 0 saturated carbocycles. The molecule has 0 radical (unpaired) electrons. The first kappa shape index (κ1) is 12.7. The van der Waals surface area contributed by atoms with Crippen molar-refractivity contribution in [1.82, 2.24) is 0 Å². The minimum Gasteiger partial charge on any atom is -0.289 e. The normalized spacial score (nSPS) is 12.6. The Morgan fingerprint density at radius 2 is 1.95 bits per heavy atom. The summed E-state index contributed by atoms with van der Waals surface area (Å²) in [6.07, 6.45) is 1.77. The Morgan fingerprint density at radius 3 is 2.70 bits per heavy atom. The summed E-state index contributed by atoms with van der Waals surface area (Å²) < 4.78 is 0.900. The van der Waals surface area contributed by atoms with E-state index in [0.717, 1.165) is 15.2 Å². The van der Waals surface area contributed by atoms with Crippen LogP contribution in [-0.4, -0.2) is 0 Å². The van der Waals surface area contributed by atoms with Crippen molar-refractivity contribution in [2.45, 2.75) is 4.90 Å². The van der Waals surface area contributed by atoms with E-state index in [-0.39, 0.29) is 11.0 Å². The molecular weight excluding hydrogens is 288 g/mol. The maximum absolute atomic E-state index is 11.9. The lowest BCUT2D eigenvalue weighted by Crippen LogP contribution is -2.00. The minimum absolute atomic E-state index is 0.0111. The van der Waals surface area contributed by atoms with Gasteiger partial charge in [-0.3, -0.25) is 4.79 Å². The van der Waals surface area contributed by atoms with Crippen molar-refractivity contribution in [2.24, 2.45) is 0 Å². The van der Waals surface area contributed by atoms with Crippen LogP contribution in [-0.2, 0) is 0 Å². The topological polar surface area (TPSA) is 64.7 Å². The van der Waals surface area contributed by atoms with Gasteiger partial charge in [-0.15, -0.1) is 11.3 Å². The van der Waals surface area contributed by atoms with Gasteiger partial charge < -0.3 is 0 Å². The standard InChI is InChI=1S/C15H6N2OS2/c16-7-9(8-17)10-3-5-19-14-11(10)1-2-12-13(18)4-6-20-15(12)14/h1-6H. The number of nitriles is 2. The molecule has 1 aromatic heterocycles. The van der Waals surface area contributed by atoms with Crippen molar-refractivity contribution in [3.05, 3.63) is 56.4 Å². The largest absolute Gasteiger partial charge is 0.289 e. The molecule has 0 atom stereocenters. The summed E-state index contributed by atoms with van der Waals surface area (Å²) in [5.74, 6) is 0. The van der Waals surface area contributed by atoms with E-state index in [1.807, 2.05) is 23.6 Å². The van der Waals surface area contributed by atoms with Gasteiger partial charge in [0.25, 0.3) is 0 Å². The Bertz CT molecular complexity index is 908. The van der Waals surface area contributed by atoms with Crippen LogP contribution in [0, 0.1) is 22.7 Å². The first-order valence-corrected chi connectivity index (χ1v) is 7.44. The highest BCUT2D eigenvalue weighted by Crippen LogP contribution is 2.41. The van der Waals surface area contributed by atoms with E-state index in [0.29, 0.717) is 11.0 Å². The van der Waals surface area contributed by atoms with Crippen LogP contribution < -0.4 is 5.43 Å². The van der Waals surface area contributed by atoms with E-state index in [1.165, 1.54) is 23.1 Å². The number of benzene rings is 1. The lowest BCUT2D eigenvalue weighted by atomic mass is 10.00. The van der Waals surface area contributed by atoms with Gasteiger partial charge in [-0.2, -0.15) is 10.5 Å². The summed E-state index contributed by atoms with van der Waals surface area (Å²) in [6.45, 7) is 0. The first-order chi connectivity index (χ1) is 9.76. The Morgan fingerprint density at radius 1 is 1.15 bits per heavy atom. The van der Waals surface area contributed by atoms with Gasteiger partial charge in [0.1, 0.15) is 17.7 Å². The predicted octanol–water partition coefficient (Wildman–Crippen LogP) is 3.68. The molecule has 0 fully saturated rings. The molecule has 2 aromatic rings. The second-order valence-electron chi connectivity index (χ2n) is 4.04. The van der Waals surface area contributed by atoms with Crippen molar-refractivity contribution in [1.29, 1.82) is 10.5 Å². The van der Waals surface area contributed by atoms with Crippen LogP contribution in [0.25, 0.3) is 15.7 Å². The molecule has 20 heavy (non-hydrogen) atoms. The zero-order chi connectivity index (χ0) is 14.1. The van der Waals surface area contributed by atoms with Crippen LogP contribution in [0.15, 0.2) is 50.3 Å². The Kier molecular flexibility index (Phi) is 3.15. The minimum atomic E-state index is -0.0111. The molecule has 5 heteroatoms. The van der Waals surface area contributed by atoms with Crippen molar-refractivity contribution < 1.29 is 0 Å². The fourth-order valence-electron chi connectivity index (χ4n) is 2.08. The molecule has 3 nitrogen and oxygen atoms in total. The molecule has 0 saturated heterocycles. The highest BCUT2D eigenvalue weighted by molar-refractivity contribution is 8.02. The van der Waals surface area contributed by atoms with Gasteiger partial charge in [-0.25, -0.2) is 0 Å². The molecule has 0 N–H and O–H groups in total. The van der Waals surface area contributed by atoms with Gasteiger partial charge in [-0.05, 0) is 34.6 Å². The summed E-state index contributed by atoms with van der Waals surface area (Å²) in [7, 11) is 0. The summed E-state index contributed by atoms with van der Waals surface area (Å²) in [5.41, 5.74) is 1.53. The van der Waals surface area contributed by atoms with Crippen LogP contribution >= 0.6 is 23.1 Å². The molecule has 94 valence electrons. The summed E-state index contributed by atoms with van der Waals surface area (Å²) in [6, 6.07) is 8.97. The number of fused-ring (bicyclic) bond motifs is 3. The smallest absolute Gasteiger partial charge is 0.188 e. The molecule has 0 unspecified atom stereocenters. The van der Waals surface area contributed by atoms with E-state index in [2.05, 4.69) is 0 Å². The Labute approximate surface area is 123 Å². The molecule has 0 bridgehead atoms. The van der Waals surface area contributed by atoms with Gasteiger partial charge in [0.15, 0.2) is 5.43 Å². The van der Waals surface area contributed by atoms with Crippen molar-refractivity contribution in [2.75, 3.05) is 0 Å². The Hall–Kier alpha value is -2.34. The van der Waals surface area contributed by atoms with E-state index < -0.39 is 0 Å². The molecule has 0 amide bonds. The monoisotopic (exact) mass is 294 g/mol. The highest BCUT2D eigenvalue weighted by atomic mass is 32.2. The second-order valence-corrected chi connectivity index (χ2v) is 5.87. The van der Waals surface area contributed by atoms with Crippen LogP contribution in [0.3, 0.4) is 0 Å². The number of hydrogen-bond acceptors (Lipinski definition) is 5. The quantitative estimate of drug-likeness (QED) is 0.695. The van der Waals surface area contributed by atoms with Gasteiger partial charge in [0, 0.05) is 15.9 Å². The number of hydrogen-bond donors (Lipinski definition) is 0. The molecular formula is C15H6N2OS2. The first-order valence-electron chi connectivity index (χ1n) is 5.69. The molecule has 1 aliphatic heterocycles. The highest BCUT2D eigenvalue weighted by Gasteiger charge is 2.18.